The molecule has 0 radical (unpaired) electrons. The van der Waals surface area contributed by atoms with Gasteiger partial charge in [0.1, 0.15) is 5.82 Å². The summed E-state index contributed by atoms with van der Waals surface area (Å²) in [6.45, 7) is 1.07. The average Bonchev–Trinajstić information content (AvgIpc) is 2.67. The maximum absolute atomic E-state index is 4.75. The summed E-state index contributed by atoms with van der Waals surface area (Å²) >= 11 is 5.49. The van der Waals surface area contributed by atoms with Crippen LogP contribution >= 0.6 is 27.7 Å². The summed E-state index contributed by atoms with van der Waals surface area (Å²) in [6.07, 6.45) is 0. The SMILES string of the molecule is Cn1c(C2CSCCN2)nc2cc(Br)ccc21. The van der Waals surface area contributed by atoms with Gasteiger partial charge >= 0.3 is 0 Å². The van der Waals surface area contributed by atoms with Gasteiger partial charge in [-0.3, -0.25) is 0 Å². The largest absolute Gasteiger partial charge is 0.330 e. The highest BCUT2D eigenvalue weighted by Gasteiger charge is 2.20. The van der Waals surface area contributed by atoms with E-state index < -0.39 is 0 Å². The topological polar surface area (TPSA) is 29.9 Å². The molecule has 3 nitrogen and oxygen atoms in total. The van der Waals surface area contributed by atoms with Crippen molar-refractivity contribution in [3.8, 4) is 0 Å². The number of nitrogens with zero attached hydrogens (tertiary/aromatic N) is 2. The van der Waals surface area contributed by atoms with Crippen LogP contribution in [0.15, 0.2) is 22.7 Å². The molecule has 0 amide bonds. The number of benzene rings is 1. The predicted molar refractivity (Wildman–Crippen MR) is 76.5 cm³/mol. The molecule has 17 heavy (non-hydrogen) atoms. The summed E-state index contributed by atoms with van der Waals surface area (Å²) in [5, 5.41) is 3.54. The Morgan fingerprint density at radius 3 is 3.18 bits per heavy atom. The van der Waals surface area contributed by atoms with E-state index in [4.69, 9.17) is 4.98 Å². The van der Waals surface area contributed by atoms with Crippen LogP contribution in [0.1, 0.15) is 11.9 Å². The number of hydrogen-bond acceptors (Lipinski definition) is 3. The summed E-state index contributed by atoms with van der Waals surface area (Å²) < 4.78 is 3.28. The molecule has 1 N–H and O–H groups in total. The highest BCUT2D eigenvalue weighted by atomic mass is 79.9. The lowest BCUT2D eigenvalue weighted by Crippen LogP contribution is -2.32. The van der Waals surface area contributed by atoms with Crippen molar-refractivity contribution in [1.29, 1.82) is 0 Å². The van der Waals surface area contributed by atoms with Crippen LogP contribution in [0.25, 0.3) is 11.0 Å². The Balaban J connectivity index is 2.07. The number of aryl methyl sites for hydroxylation is 1. The standard InChI is InChI=1S/C12H14BrN3S/c1-16-11-3-2-8(13)6-9(11)15-12(16)10-7-17-5-4-14-10/h2-3,6,10,14H,4-5,7H2,1H3. The molecule has 90 valence electrons. The van der Waals surface area contributed by atoms with Gasteiger partial charge < -0.3 is 9.88 Å². The number of hydrogen-bond donors (Lipinski definition) is 1. The van der Waals surface area contributed by atoms with E-state index in [0.29, 0.717) is 6.04 Å². The van der Waals surface area contributed by atoms with Gasteiger partial charge in [-0.05, 0) is 18.2 Å². The Kier molecular flexibility index (Phi) is 3.15. The molecule has 3 rings (SSSR count). The zero-order chi connectivity index (χ0) is 11.8. The predicted octanol–water partition coefficient (Wildman–Crippen LogP) is 2.71. The van der Waals surface area contributed by atoms with Crippen molar-refractivity contribution in [1.82, 2.24) is 14.9 Å². The first-order valence-electron chi connectivity index (χ1n) is 5.69. The first kappa shape index (κ1) is 11.6. The molecule has 1 saturated heterocycles. The monoisotopic (exact) mass is 311 g/mol. The van der Waals surface area contributed by atoms with Crippen molar-refractivity contribution in [3.05, 3.63) is 28.5 Å². The van der Waals surface area contributed by atoms with Crippen LogP contribution < -0.4 is 5.32 Å². The van der Waals surface area contributed by atoms with Gasteiger partial charge in [0, 0.05) is 29.6 Å². The average molecular weight is 312 g/mol. The van der Waals surface area contributed by atoms with Crippen molar-refractivity contribution in [2.45, 2.75) is 6.04 Å². The van der Waals surface area contributed by atoms with Crippen LogP contribution in [0.4, 0.5) is 0 Å². The summed E-state index contributed by atoms with van der Waals surface area (Å²) in [7, 11) is 2.10. The van der Waals surface area contributed by atoms with Gasteiger partial charge in [0.2, 0.25) is 0 Å². The number of rotatable bonds is 1. The maximum Gasteiger partial charge on any atom is 0.127 e. The molecule has 1 aromatic carbocycles. The molecule has 0 bridgehead atoms. The minimum absolute atomic E-state index is 0.380. The van der Waals surface area contributed by atoms with Gasteiger partial charge in [0.05, 0.1) is 17.1 Å². The Bertz CT molecular complexity index is 546. The van der Waals surface area contributed by atoms with Crippen molar-refractivity contribution >= 4 is 38.7 Å². The smallest absolute Gasteiger partial charge is 0.127 e. The molecule has 2 aromatic rings. The van der Waals surface area contributed by atoms with Crippen LogP contribution in [0, 0.1) is 0 Å². The fraction of sp³-hybridized carbons (Fsp3) is 0.417. The van der Waals surface area contributed by atoms with Gasteiger partial charge in [0.25, 0.3) is 0 Å². The van der Waals surface area contributed by atoms with E-state index in [9.17, 15) is 0 Å². The summed E-state index contributed by atoms with van der Waals surface area (Å²) in [5.41, 5.74) is 2.26. The summed E-state index contributed by atoms with van der Waals surface area (Å²) in [4.78, 5) is 4.75. The van der Waals surface area contributed by atoms with E-state index in [2.05, 4.69) is 51.1 Å². The normalized spacial score (nSPS) is 20.9. The molecule has 1 atom stereocenters. The first-order chi connectivity index (χ1) is 8.25. The second-order valence-electron chi connectivity index (χ2n) is 4.24. The van der Waals surface area contributed by atoms with Crippen LogP contribution in [-0.4, -0.2) is 27.6 Å². The van der Waals surface area contributed by atoms with E-state index >= 15 is 0 Å². The van der Waals surface area contributed by atoms with Crippen LogP contribution in [0.3, 0.4) is 0 Å². The third-order valence-electron chi connectivity index (χ3n) is 3.11. The number of fused-ring (bicyclic) bond motifs is 1. The number of imidazole rings is 1. The number of thioether (sulfide) groups is 1. The molecule has 5 heteroatoms. The van der Waals surface area contributed by atoms with E-state index in [0.717, 1.165) is 28.1 Å². The van der Waals surface area contributed by atoms with E-state index in [1.807, 2.05) is 11.8 Å². The van der Waals surface area contributed by atoms with Crippen LogP contribution in [0.5, 0.6) is 0 Å². The Morgan fingerprint density at radius 1 is 1.53 bits per heavy atom. The quantitative estimate of drug-likeness (QED) is 0.878. The molecule has 0 spiro atoms. The van der Waals surface area contributed by atoms with Crippen molar-refractivity contribution < 1.29 is 0 Å². The summed E-state index contributed by atoms with van der Waals surface area (Å²) in [6, 6.07) is 6.64. The van der Waals surface area contributed by atoms with Crippen molar-refractivity contribution in [2.75, 3.05) is 18.1 Å². The molecule has 1 aliphatic heterocycles. The van der Waals surface area contributed by atoms with Crippen LogP contribution in [0.2, 0.25) is 0 Å². The second kappa shape index (κ2) is 4.63. The lowest BCUT2D eigenvalue weighted by molar-refractivity contribution is 0.549. The zero-order valence-corrected chi connectivity index (χ0v) is 12.0. The number of halogens is 1. The van der Waals surface area contributed by atoms with Gasteiger partial charge in [-0.1, -0.05) is 15.9 Å². The van der Waals surface area contributed by atoms with Gasteiger partial charge in [-0.25, -0.2) is 4.98 Å². The molecular formula is C12H14BrN3S. The molecule has 0 saturated carbocycles. The highest BCUT2D eigenvalue weighted by molar-refractivity contribution is 9.10. The Morgan fingerprint density at radius 2 is 2.41 bits per heavy atom. The first-order valence-corrected chi connectivity index (χ1v) is 7.63. The second-order valence-corrected chi connectivity index (χ2v) is 6.31. The van der Waals surface area contributed by atoms with Gasteiger partial charge in [0.15, 0.2) is 0 Å². The fourth-order valence-corrected chi connectivity index (χ4v) is 3.51. The fourth-order valence-electron chi connectivity index (χ4n) is 2.23. The molecule has 2 heterocycles. The molecule has 1 unspecified atom stereocenters. The Hall–Kier alpha value is -0.520. The van der Waals surface area contributed by atoms with E-state index in [-0.39, 0.29) is 0 Å². The highest BCUT2D eigenvalue weighted by Crippen LogP contribution is 2.26. The van der Waals surface area contributed by atoms with E-state index in [1.165, 1.54) is 11.3 Å². The maximum atomic E-state index is 4.75. The number of aromatic nitrogens is 2. The lowest BCUT2D eigenvalue weighted by atomic mass is 10.3. The minimum Gasteiger partial charge on any atom is -0.330 e. The van der Waals surface area contributed by atoms with Crippen molar-refractivity contribution in [3.63, 3.8) is 0 Å². The van der Waals surface area contributed by atoms with Gasteiger partial charge in [-0.15, -0.1) is 0 Å². The third kappa shape index (κ3) is 2.11. The molecular weight excluding hydrogens is 298 g/mol. The lowest BCUT2D eigenvalue weighted by Gasteiger charge is -2.22. The Labute approximate surface area is 113 Å². The number of nitrogens with one attached hydrogen (secondary N) is 1. The molecule has 1 fully saturated rings. The molecule has 1 aromatic heterocycles. The van der Waals surface area contributed by atoms with Crippen molar-refractivity contribution in [2.24, 2.45) is 7.05 Å². The van der Waals surface area contributed by atoms with Crippen LogP contribution in [-0.2, 0) is 7.05 Å². The molecule has 1 aliphatic rings. The van der Waals surface area contributed by atoms with Gasteiger partial charge in [-0.2, -0.15) is 11.8 Å². The third-order valence-corrected chi connectivity index (χ3v) is 4.67. The van der Waals surface area contributed by atoms with E-state index in [1.54, 1.807) is 0 Å². The zero-order valence-electron chi connectivity index (χ0n) is 9.61. The molecule has 0 aliphatic carbocycles. The minimum atomic E-state index is 0.380. The summed E-state index contributed by atoms with van der Waals surface area (Å²) in [5.74, 6) is 3.45.